The first-order valence-electron chi connectivity index (χ1n) is 6.63. The number of aliphatic hydroxyl groups is 1. The van der Waals surface area contributed by atoms with Crippen molar-refractivity contribution in [3.63, 3.8) is 0 Å². The maximum absolute atomic E-state index is 12.6. The molecule has 0 radical (unpaired) electrons. The molecule has 1 atom stereocenters. The molecule has 0 amide bonds. The highest BCUT2D eigenvalue weighted by Gasteiger charge is 2.35. The van der Waals surface area contributed by atoms with Crippen molar-refractivity contribution in [2.75, 3.05) is 0 Å². The van der Waals surface area contributed by atoms with Gasteiger partial charge in [0.2, 0.25) is 0 Å². The molecule has 0 fully saturated rings. The first-order chi connectivity index (χ1) is 9.73. The van der Waals surface area contributed by atoms with E-state index in [1.807, 2.05) is 43.4 Å². The average Bonchev–Trinajstić information content (AvgIpc) is 2.46. The second kappa shape index (κ2) is 5.65. The summed E-state index contributed by atoms with van der Waals surface area (Å²) in [6.07, 6.45) is -4.35. The molecule has 0 saturated heterocycles. The van der Waals surface area contributed by atoms with E-state index >= 15 is 0 Å². The number of benzene rings is 2. The summed E-state index contributed by atoms with van der Waals surface area (Å²) in [5.41, 5.74) is -0.914. The Hall–Kier alpha value is -1.59. The van der Waals surface area contributed by atoms with Crippen LogP contribution in [0.25, 0.3) is 0 Å². The summed E-state index contributed by atoms with van der Waals surface area (Å²) in [6.45, 7) is 4.01. The van der Waals surface area contributed by atoms with Crippen LogP contribution in [0.1, 0.15) is 16.9 Å². The maximum atomic E-state index is 12.6. The van der Waals surface area contributed by atoms with Crippen molar-refractivity contribution < 1.29 is 18.3 Å². The summed E-state index contributed by atoms with van der Waals surface area (Å²) in [7, 11) is -2.21. The van der Waals surface area contributed by atoms with E-state index in [1.54, 1.807) is 0 Å². The maximum Gasteiger partial charge on any atom is 0.416 e. The lowest BCUT2D eigenvalue weighted by molar-refractivity contribution is -0.137. The van der Waals surface area contributed by atoms with Gasteiger partial charge in [0.05, 0.1) is 11.3 Å². The zero-order valence-electron chi connectivity index (χ0n) is 11.9. The number of hydrogen-bond donors (Lipinski definition) is 1. The number of alkyl halides is 3. The molecule has 21 heavy (non-hydrogen) atoms. The molecule has 5 heteroatoms. The van der Waals surface area contributed by atoms with E-state index in [-0.39, 0.29) is 0 Å². The number of aliphatic hydroxyl groups excluding tert-OH is 1. The molecule has 0 aliphatic heterocycles. The van der Waals surface area contributed by atoms with E-state index in [0.717, 1.165) is 17.3 Å². The Morgan fingerprint density at radius 1 is 0.905 bits per heavy atom. The second-order valence-electron chi connectivity index (χ2n) is 5.61. The first-order valence-corrected chi connectivity index (χ1v) is 9.71. The van der Waals surface area contributed by atoms with Crippen molar-refractivity contribution in [1.82, 2.24) is 0 Å². The molecule has 0 saturated carbocycles. The van der Waals surface area contributed by atoms with Gasteiger partial charge in [-0.05, 0) is 17.7 Å². The molecule has 2 aromatic rings. The Kier molecular flexibility index (Phi) is 4.25. The number of hydrogen-bond acceptors (Lipinski definition) is 1. The average molecular weight is 310 g/mol. The third-order valence-corrected chi connectivity index (χ3v) is 7.28. The van der Waals surface area contributed by atoms with Crippen LogP contribution in [0, 0.1) is 0 Å². The van der Waals surface area contributed by atoms with E-state index in [0.29, 0.717) is 5.56 Å². The SMILES string of the molecule is C[Si](C)(c1ccccc1)C(O)c1ccc(C(F)(F)F)cc1. The molecular formula is C16H17F3OSi. The molecule has 112 valence electrons. The lowest BCUT2D eigenvalue weighted by atomic mass is 10.1. The molecule has 1 unspecified atom stereocenters. The van der Waals surface area contributed by atoms with Gasteiger partial charge >= 0.3 is 6.18 Å². The third kappa shape index (κ3) is 3.36. The Balaban J connectivity index is 2.29. The van der Waals surface area contributed by atoms with Crippen molar-refractivity contribution in [2.45, 2.75) is 25.0 Å². The molecule has 2 aromatic carbocycles. The standard InChI is InChI=1S/C16H17F3OSi/c1-21(2,14-6-4-3-5-7-14)15(20)12-8-10-13(11-9-12)16(17,18)19/h3-11,15,20H,1-2H3. The van der Waals surface area contributed by atoms with Crippen LogP contribution < -0.4 is 5.19 Å². The largest absolute Gasteiger partial charge is 0.416 e. The minimum atomic E-state index is -4.35. The first kappa shape index (κ1) is 15.8. The molecule has 0 aromatic heterocycles. The van der Waals surface area contributed by atoms with Gasteiger partial charge in [0.15, 0.2) is 0 Å². The summed E-state index contributed by atoms with van der Waals surface area (Å²) in [5, 5.41) is 11.6. The zero-order chi connectivity index (χ0) is 15.7. The Morgan fingerprint density at radius 3 is 1.90 bits per heavy atom. The second-order valence-corrected chi connectivity index (χ2v) is 10.2. The summed E-state index contributed by atoms with van der Waals surface area (Å²) in [5.74, 6) is 0. The summed E-state index contributed by atoms with van der Waals surface area (Å²) >= 11 is 0. The lowest BCUT2D eigenvalue weighted by Gasteiger charge is -2.29. The Morgan fingerprint density at radius 2 is 1.43 bits per heavy atom. The van der Waals surface area contributed by atoms with Crippen LogP contribution in [0.15, 0.2) is 54.6 Å². The van der Waals surface area contributed by atoms with Crippen molar-refractivity contribution in [2.24, 2.45) is 0 Å². The topological polar surface area (TPSA) is 20.2 Å². The Bertz CT molecular complexity index is 591. The number of halogens is 3. The molecular weight excluding hydrogens is 293 g/mol. The van der Waals surface area contributed by atoms with E-state index in [2.05, 4.69) is 0 Å². The van der Waals surface area contributed by atoms with Gasteiger partial charge < -0.3 is 5.11 Å². The third-order valence-electron chi connectivity index (χ3n) is 3.76. The molecule has 1 N–H and O–H groups in total. The summed E-state index contributed by atoms with van der Waals surface area (Å²) in [4.78, 5) is 0. The van der Waals surface area contributed by atoms with Crippen LogP contribution in [-0.4, -0.2) is 13.2 Å². The molecule has 0 aliphatic carbocycles. The van der Waals surface area contributed by atoms with Crippen LogP contribution >= 0.6 is 0 Å². The van der Waals surface area contributed by atoms with E-state index in [9.17, 15) is 18.3 Å². The zero-order valence-corrected chi connectivity index (χ0v) is 12.9. The van der Waals surface area contributed by atoms with Crippen molar-refractivity contribution in [1.29, 1.82) is 0 Å². The fourth-order valence-corrected chi connectivity index (χ4v) is 4.69. The van der Waals surface area contributed by atoms with Gasteiger partial charge in [-0.15, -0.1) is 0 Å². The van der Waals surface area contributed by atoms with Gasteiger partial charge in [0.1, 0.15) is 8.07 Å². The molecule has 0 aliphatic rings. The molecule has 0 spiro atoms. The van der Waals surface area contributed by atoms with E-state index < -0.39 is 25.5 Å². The fourth-order valence-electron chi connectivity index (χ4n) is 2.30. The highest BCUT2D eigenvalue weighted by molar-refractivity contribution is 6.90. The molecule has 0 bridgehead atoms. The predicted molar refractivity (Wildman–Crippen MR) is 80.0 cm³/mol. The highest BCUT2D eigenvalue weighted by Crippen LogP contribution is 2.31. The van der Waals surface area contributed by atoms with Crippen LogP contribution in [0.3, 0.4) is 0 Å². The van der Waals surface area contributed by atoms with Gasteiger partial charge in [-0.1, -0.05) is 60.7 Å². The Labute approximate surface area is 123 Å². The summed E-state index contributed by atoms with van der Waals surface area (Å²) < 4.78 is 37.7. The van der Waals surface area contributed by atoms with Crippen LogP contribution in [0.2, 0.25) is 13.1 Å². The predicted octanol–water partition coefficient (Wildman–Crippen LogP) is 3.89. The highest BCUT2D eigenvalue weighted by atomic mass is 28.3. The number of rotatable bonds is 3. The van der Waals surface area contributed by atoms with Crippen LogP contribution in [-0.2, 0) is 6.18 Å². The van der Waals surface area contributed by atoms with Gasteiger partial charge in [-0.25, -0.2) is 0 Å². The lowest BCUT2D eigenvalue weighted by Crippen LogP contribution is -2.47. The normalized spacial score (nSPS) is 14.0. The van der Waals surface area contributed by atoms with Crippen LogP contribution in [0.5, 0.6) is 0 Å². The van der Waals surface area contributed by atoms with Crippen molar-refractivity contribution in [3.05, 3.63) is 65.7 Å². The van der Waals surface area contributed by atoms with Gasteiger partial charge in [-0.3, -0.25) is 0 Å². The van der Waals surface area contributed by atoms with Crippen LogP contribution in [0.4, 0.5) is 13.2 Å². The van der Waals surface area contributed by atoms with Gasteiger partial charge in [-0.2, -0.15) is 13.2 Å². The van der Waals surface area contributed by atoms with Gasteiger partial charge in [0, 0.05) is 0 Å². The molecule has 1 nitrogen and oxygen atoms in total. The quantitative estimate of drug-likeness (QED) is 0.853. The van der Waals surface area contributed by atoms with E-state index in [4.69, 9.17) is 0 Å². The molecule has 2 rings (SSSR count). The monoisotopic (exact) mass is 310 g/mol. The van der Waals surface area contributed by atoms with Crippen molar-refractivity contribution in [3.8, 4) is 0 Å². The van der Waals surface area contributed by atoms with E-state index in [1.165, 1.54) is 12.1 Å². The summed E-state index contributed by atoms with van der Waals surface area (Å²) in [6, 6.07) is 14.4. The van der Waals surface area contributed by atoms with Gasteiger partial charge in [0.25, 0.3) is 0 Å². The fraction of sp³-hybridized carbons (Fsp3) is 0.250. The minimum Gasteiger partial charge on any atom is -0.392 e. The van der Waals surface area contributed by atoms with Crippen molar-refractivity contribution >= 4 is 13.3 Å². The molecule has 0 heterocycles. The smallest absolute Gasteiger partial charge is 0.392 e. The minimum absolute atomic E-state index is 0.531.